The van der Waals surface area contributed by atoms with Crippen LogP contribution < -0.4 is 5.32 Å². The molecule has 2 aliphatic carbocycles. The number of amides is 1. The Hall–Kier alpha value is -1.31. The van der Waals surface area contributed by atoms with E-state index in [1.54, 1.807) is 0 Å². The van der Waals surface area contributed by atoms with Crippen LogP contribution in [0.3, 0.4) is 0 Å². The van der Waals surface area contributed by atoms with E-state index in [-0.39, 0.29) is 11.9 Å². The van der Waals surface area contributed by atoms with Gasteiger partial charge in [0.05, 0.1) is 6.04 Å². The number of hydrogen-bond acceptors (Lipinski definition) is 1. The fourth-order valence-corrected chi connectivity index (χ4v) is 3.25. The first-order valence-corrected chi connectivity index (χ1v) is 8.14. The molecule has 1 aromatic carbocycles. The van der Waals surface area contributed by atoms with Gasteiger partial charge in [-0.25, -0.2) is 0 Å². The van der Waals surface area contributed by atoms with Crippen LogP contribution in [-0.4, -0.2) is 5.91 Å². The normalized spacial score (nSPS) is 21.4. The van der Waals surface area contributed by atoms with Crippen LogP contribution in [0, 0.1) is 5.92 Å². The third-order valence-corrected chi connectivity index (χ3v) is 4.82. The Balaban J connectivity index is 1.60. The van der Waals surface area contributed by atoms with Crippen molar-refractivity contribution in [3.05, 3.63) is 35.4 Å². The minimum Gasteiger partial charge on any atom is -0.349 e. The van der Waals surface area contributed by atoms with Gasteiger partial charge in [-0.2, -0.15) is 0 Å². The van der Waals surface area contributed by atoms with Gasteiger partial charge in [-0.3, -0.25) is 4.79 Å². The number of hydrogen-bond donors (Lipinski definition) is 1. The zero-order valence-electron chi connectivity index (χ0n) is 12.4. The highest BCUT2D eigenvalue weighted by molar-refractivity contribution is 5.81. The largest absolute Gasteiger partial charge is 0.349 e. The third kappa shape index (κ3) is 3.23. The molecule has 0 saturated heterocycles. The first-order chi connectivity index (χ1) is 9.74. The Morgan fingerprint density at radius 2 is 1.70 bits per heavy atom. The monoisotopic (exact) mass is 271 g/mol. The third-order valence-electron chi connectivity index (χ3n) is 4.82. The van der Waals surface area contributed by atoms with E-state index in [2.05, 4.69) is 36.5 Å². The molecule has 0 unspecified atom stereocenters. The fraction of sp³-hybridized carbons (Fsp3) is 0.611. The lowest BCUT2D eigenvalue weighted by molar-refractivity contribution is -0.122. The van der Waals surface area contributed by atoms with Gasteiger partial charge in [0, 0.05) is 5.92 Å². The van der Waals surface area contributed by atoms with Crippen LogP contribution in [0.15, 0.2) is 24.3 Å². The van der Waals surface area contributed by atoms with Gasteiger partial charge in [-0.1, -0.05) is 43.5 Å². The standard InChI is InChI=1S/C18H25NO/c1-13(19-18(20)17-11-12-17)14-7-9-16(10-8-14)15-5-3-2-4-6-15/h7-10,13,15,17H,2-6,11-12H2,1H3,(H,19,20)/t13-/m1/s1. The summed E-state index contributed by atoms with van der Waals surface area (Å²) in [6.07, 6.45) is 8.97. The first-order valence-electron chi connectivity index (χ1n) is 8.14. The second-order valence-electron chi connectivity index (χ2n) is 6.51. The fourth-order valence-electron chi connectivity index (χ4n) is 3.25. The van der Waals surface area contributed by atoms with E-state index in [1.807, 2.05) is 0 Å². The second-order valence-corrected chi connectivity index (χ2v) is 6.51. The second kappa shape index (κ2) is 5.99. The van der Waals surface area contributed by atoms with Crippen molar-refractivity contribution in [3.63, 3.8) is 0 Å². The molecule has 108 valence electrons. The molecule has 1 N–H and O–H groups in total. The van der Waals surface area contributed by atoms with Crippen molar-refractivity contribution in [2.45, 2.75) is 63.8 Å². The van der Waals surface area contributed by atoms with Crippen molar-refractivity contribution in [3.8, 4) is 0 Å². The van der Waals surface area contributed by atoms with Gasteiger partial charge < -0.3 is 5.32 Å². The van der Waals surface area contributed by atoms with Gasteiger partial charge in [-0.15, -0.1) is 0 Å². The predicted molar refractivity (Wildman–Crippen MR) is 81.5 cm³/mol. The molecular formula is C18H25NO. The lowest BCUT2D eigenvalue weighted by Gasteiger charge is -2.22. The van der Waals surface area contributed by atoms with Crippen LogP contribution in [-0.2, 0) is 4.79 Å². The maximum absolute atomic E-state index is 11.8. The Labute approximate surface area is 122 Å². The first kappa shape index (κ1) is 13.7. The van der Waals surface area contributed by atoms with E-state index in [0.717, 1.165) is 18.8 Å². The molecule has 0 aromatic heterocycles. The summed E-state index contributed by atoms with van der Waals surface area (Å²) in [5.74, 6) is 1.28. The summed E-state index contributed by atoms with van der Waals surface area (Å²) in [7, 11) is 0. The zero-order valence-corrected chi connectivity index (χ0v) is 12.4. The van der Waals surface area contributed by atoms with Crippen LogP contribution in [0.5, 0.6) is 0 Å². The molecule has 3 rings (SSSR count). The van der Waals surface area contributed by atoms with Gasteiger partial charge in [-0.05, 0) is 49.7 Å². The molecule has 20 heavy (non-hydrogen) atoms. The minimum atomic E-state index is 0.128. The molecule has 2 heteroatoms. The Morgan fingerprint density at radius 3 is 2.30 bits per heavy atom. The molecule has 0 spiro atoms. The van der Waals surface area contributed by atoms with Crippen molar-refractivity contribution >= 4 is 5.91 Å². The average molecular weight is 271 g/mol. The van der Waals surface area contributed by atoms with Gasteiger partial charge in [0.1, 0.15) is 0 Å². The number of nitrogens with one attached hydrogen (secondary N) is 1. The van der Waals surface area contributed by atoms with Gasteiger partial charge in [0.25, 0.3) is 0 Å². The number of carbonyl (C=O) groups is 1. The Kier molecular flexibility index (Phi) is 4.09. The van der Waals surface area contributed by atoms with Gasteiger partial charge >= 0.3 is 0 Å². The van der Waals surface area contributed by atoms with Crippen molar-refractivity contribution in [2.75, 3.05) is 0 Å². The molecule has 0 bridgehead atoms. The number of carbonyl (C=O) groups excluding carboxylic acids is 1. The summed E-state index contributed by atoms with van der Waals surface area (Å²) in [4.78, 5) is 11.8. The predicted octanol–water partition coefficient (Wildman–Crippen LogP) is 4.32. The van der Waals surface area contributed by atoms with Crippen LogP contribution in [0.25, 0.3) is 0 Å². The van der Waals surface area contributed by atoms with E-state index >= 15 is 0 Å². The highest BCUT2D eigenvalue weighted by Gasteiger charge is 2.30. The van der Waals surface area contributed by atoms with Gasteiger partial charge in [0.15, 0.2) is 0 Å². The molecule has 1 aromatic rings. The van der Waals surface area contributed by atoms with Crippen molar-refractivity contribution in [1.29, 1.82) is 0 Å². The molecule has 2 aliphatic rings. The van der Waals surface area contributed by atoms with Crippen molar-refractivity contribution < 1.29 is 4.79 Å². The molecule has 2 fully saturated rings. The number of benzene rings is 1. The SMILES string of the molecule is C[C@@H](NC(=O)C1CC1)c1ccc(C2CCCCC2)cc1. The molecule has 1 amide bonds. The molecule has 0 aliphatic heterocycles. The van der Waals surface area contributed by atoms with Crippen molar-refractivity contribution in [1.82, 2.24) is 5.32 Å². The minimum absolute atomic E-state index is 0.128. The van der Waals surface area contributed by atoms with Crippen LogP contribution >= 0.6 is 0 Å². The summed E-state index contributed by atoms with van der Waals surface area (Å²) < 4.78 is 0. The van der Waals surface area contributed by atoms with E-state index < -0.39 is 0 Å². The average Bonchev–Trinajstić information content (AvgIpc) is 3.33. The maximum atomic E-state index is 11.8. The van der Waals surface area contributed by atoms with E-state index in [1.165, 1.54) is 43.2 Å². The van der Waals surface area contributed by atoms with Crippen LogP contribution in [0.2, 0.25) is 0 Å². The lowest BCUT2D eigenvalue weighted by Crippen LogP contribution is -2.27. The maximum Gasteiger partial charge on any atom is 0.223 e. The lowest BCUT2D eigenvalue weighted by atomic mass is 9.84. The smallest absolute Gasteiger partial charge is 0.223 e. The van der Waals surface area contributed by atoms with Crippen LogP contribution in [0.4, 0.5) is 0 Å². The summed E-state index contributed by atoms with van der Waals surface area (Å²) in [5.41, 5.74) is 2.70. The highest BCUT2D eigenvalue weighted by atomic mass is 16.2. The molecule has 0 heterocycles. The summed E-state index contributed by atoms with van der Waals surface area (Å²) in [6.45, 7) is 2.08. The van der Waals surface area contributed by atoms with E-state index in [4.69, 9.17) is 0 Å². The molecule has 0 radical (unpaired) electrons. The molecular weight excluding hydrogens is 246 g/mol. The quantitative estimate of drug-likeness (QED) is 0.868. The van der Waals surface area contributed by atoms with E-state index in [9.17, 15) is 4.79 Å². The Bertz CT molecular complexity index is 455. The van der Waals surface area contributed by atoms with Crippen LogP contribution in [0.1, 0.15) is 75.0 Å². The Morgan fingerprint density at radius 1 is 1.05 bits per heavy atom. The summed E-state index contributed by atoms with van der Waals surface area (Å²) in [5, 5.41) is 3.12. The molecule has 1 atom stereocenters. The summed E-state index contributed by atoms with van der Waals surface area (Å²) in [6, 6.07) is 9.06. The van der Waals surface area contributed by atoms with E-state index in [0.29, 0.717) is 5.92 Å². The highest BCUT2D eigenvalue weighted by Crippen LogP contribution is 2.33. The van der Waals surface area contributed by atoms with Gasteiger partial charge in [0.2, 0.25) is 5.91 Å². The summed E-state index contributed by atoms with van der Waals surface area (Å²) >= 11 is 0. The topological polar surface area (TPSA) is 29.1 Å². The molecule has 2 saturated carbocycles. The number of rotatable bonds is 4. The molecule has 2 nitrogen and oxygen atoms in total. The van der Waals surface area contributed by atoms with Crippen molar-refractivity contribution in [2.24, 2.45) is 5.92 Å². The zero-order chi connectivity index (χ0) is 13.9.